The van der Waals surface area contributed by atoms with Gasteiger partial charge in [-0.1, -0.05) is 29.8 Å². The SMILES string of the molecule is C[C@H](NCc1cn(CCC#N)nc1-c1cccc(Cl)c1)c1cccnc1. The Morgan fingerprint density at radius 3 is 2.92 bits per heavy atom. The molecule has 0 bridgehead atoms. The molecule has 3 aromatic rings. The van der Waals surface area contributed by atoms with Crippen LogP contribution in [0.5, 0.6) is 0 Å². The Kier molecular flexibility index (Phi) is 6.00. The van der Waals surface area contributed by atoms with E-state index < -0.39 is 0 Å². The molecule has 132 valence electrons. The van der Waals surface area contributed by atoms with Gasteiger partial charge in [-0.3, -0.25) is 9.67 Å². The van der Waals surface area contributed by atoms with Crippen LogP contribution in [0.2, 0.25) is 5.02 Å². The van der Waals surface area contributed by atoms with Crippen molar-refractivity contribution >= 4 is 11.6 Å². The van der Waals surface area contributed by atoms with Gasteiger partial charge in [0.2, 0.25) is 0 Å². The molecule has 0 saturated heterocycles. The van der Waals surface area contributed by atoms with Crippen molar-refractivity contribution in [2.45, 2.75) is 32.5 Å². The van der Waals surface area contributed by atoms with E-state index in [0.717, 1.165) is 22.4 Å². The molecule has 2 aromatic heterocycles. The summed E-state index contributed by atoms with van der Waals surface area (Å²) in [6.07, 6.45) is 6.06. The molecule has 0 unspecified atom stereocenters. The second-order valence-corrected chi connectivity index (χ2v) is 6.51. The van der Waals surface area contributed by atoms with E-state index in [-0.39, 0.29) is 6.04 Å². The van der Waals surface area contributed by atoms with Crippen LogP contribution in [0.15, 0.2) is 55.0 Å². The fourth-order valence-corrected chi connectivity index (χ4v) is 2.95. The van der Waals surface area contributed by atoms with Crippen LogP contribution in [0.25, 0.3) is 11.3 Å². The Hall–Kier alpha value is -2.68. The van der Waals surface area contributed by atoms with Crippen LogP contribution in [-0.4, -0.2) is 14.8 Å². The first-order chi connectivity index (χ1) is 12.7. The average molecular weight is 366 g/mol. The molecule has 1 N–H and O–H groups in total. The van der Waals surface area contributed by atoms with Gasteiger partial charge < -0.3 is 5.32 Å². The van der Waals surface area contributed by atoms with Crippen molar-refractivity contribution < 1.29 is 0 Å². The highest BCUT2D eigenvalue weighted by Gasteiger charge is 2.13. The van der Waals surface area contributed by atoms with E-state index in [4.69, 9.17) is 16.9 Å². The molecule has 0 spiro atoms. The van der Waals surface area contributed by atoms with Crippen LogP contribution < -0.4 is 5.32 Å². The van der Waals surface area contributed by atoms with Crippen LogP contribution in [0.1, 0.15) is 30.5 Å². The Bertz CT molecular complexity index is 898. The maximum absolute atomic E-state index is 8.83. The summed E-state index contributed by atoms with van der Waals surface area (Å²) >= 11 is 6.14. The fourth-order valence-electron chi connectivity index (χ4n) is 2.76. The van der Waals surface area contributed by atoms with Crippen molar-refractivity contribution in [1.29, 1.82) is 5.26 Å². The van der Waals surface area contributed by atoms with Gasteiger partial charge in [0, 0.05) is 47.3 Å². The molecule has 0 aliphatic rings. The summed E-state index contributed by atoms with van der Waals surface area (Å²) in [4.78, 5) is 4.17. The first-order valence-electron chi connectivity index (χ1n) is 8.50. The molecule has 2 heterocycles. The smallest absolute Gasteiger partial charge is 0.0968 e. The number of hydrogen-bond acceptors (Lipinski definition) is 4. The van der Waals surface area contributed by atoms with Crippen LogP contribution in [0.3, 0.4) is 0 Å². The fraction of sp³-hybridized carbons (Fsp3) is 0.250. The first kappa shape index (κ1) is 18.1. The van der Waals surface area contributed by atoms with Crippen LogP contribution in [0, 0.1) is 11.3 Å². The lowest BCUT2D eigenvalue weighted by Crippen LogP contribution is -2.18. The second-order valence-electron chi connectivity index (χ2n) is 6.07. The predicted octanol–water partition coefficient (Wildman–Crippen LogP) is 4.36. The van der Waals surface area contributed by atoms with Gasteiger partial charge in [-0.25, -0.2) is 0 Å². The predicted molar refractivity (Wildman–Crippen MR) is 102 cm³/mol. The Labute approximate surface area is 158 Å². The minimum atomic E-state index is 0.165. The highest BCUT2D eigenvalue weighted by Crippen LogP contribution is 2.25. The normalized spacial score (nSPS) is 11.9. The molecule has 1 aromatic carbocycles. The third-order valence-electron chi connectivity index (χ3n) is 4.17. The van der Waals surface area contributed by atoms with E-state index in [2.05, 4.69) is 34.5 Å². The summed E-state index contributed by atoms with van der Waals surface area (Å²) in [6, 6.07) is 14.0. The van der Waals surface area contributed by atoms with E-state index in [1.54, 1.807) is 6.20 Å². The summed E-state index contributed by atoms with van der Waals surface area (Å²) in [7, 11) is 0. The molecular formula is C20H20ClN5. The number of aromatic nitrogens is 3. The number of rotatable bonds is 7. The van der Waals surface area contributed by atoms with Crippen molar-refractivity contribution in [3.05, 3.63) is 71.1 Å². The van der Waals surface area contributed by atoms with Gasteiger partial charge in [-0.2, -0.15) is 10.4 Å². The third kappa shape index (κ3) is 4.48. The van der Waals surface area contributed by atoms with Crippen molar-refractivity contribution in [3.63, 3.8) is 0 Å². The minimum Gasteiger partial charge on any atom is -0.306 e. The number of nitrogens with one attached hydrogen (secondary N) is 1. The van der Waals surface area contributed by atoms with E-state index >= 15 is 0 Å². The van der Waals surface area contributed by atoms with Crippen molar-refractivity contribution in [3.8, 4) is 17.3 Å². The summed E-state index contributed by atoms with van der Waals surface area (Å²) in [5.74, 6) is 0. The van der Waals surface area contributed by atoms with Gasteiger partial charge in [0.25, 0.3) is 0 Å². The maximum Gasteiger partial charge on any atom is 0.0968 e. The zero-order chi connectivity index (χ0) is 18.4. The van der Waals surface area contributed by atoms with Crippen molar-refractivity contribution in [1.82, 2.24) is 20.1 Å². The van der Waals surface area contributed by atoms with Crippen molar-refractivity contribution in [2.75, 3.05) is 0 Å². The second kappa shape index (κ2) is 8.61. The molecule has 0 saturated carbocycles. The molecular weight excluding hydrogens is 346 g/mol. The van der Waals surface area contributed by atoms with E-state index in [1.165, 1.54) is 0 Å². The molecule has 0 aliphatic heterocycles. The van der Waals surface area contributed by atoms with Gasteiger partial charge in [0.05, 0.1) is 24.7 Å². The molecule has 26 heavy (non-hydrogen) atoms. The van der Waals surface area contributed by atoms with Crippen LogP contribution in [0.4, 0.5) is 0 Å². The number of aryl methyl sites for hydroxylation is 1. The Morgan fingerprint density at radius 2 is 2.19 bits per heavy atom. The highest BCUT2D eigenvalue weighted by molar-refractivity contribution is 6.30. The van der Waals surface area contributed by atoms with Gasteiger partial charge >= 0.3 is 0 Å². The maximum atomic E-state index is 8.83. The van der Waals surface area contributed by atoms with Crippen LogP contribution >= 0.6 is 11.6 Å². The topological polar surface area (TPSA) is 66.5 Å². The quantitative estimate of drug-likeness (QED) is 0.675. The van der Waals surface area contributed by atoms with Gasteiger partial charge in [-0.05, 0) is 30.7 Å². The molecule has 1 atom stereocenters. The third-order valence-corrected chi connectivity index (χ3v) is 4.41. The lowest BCUT2D eigenvalue weighted by atomic mass is 10.1. The standard InChI is InChI=1S/C20H20ClN5/c1-15(17-6-3-9-23-12-17)24-13-18-14-26(10-4-8-22)25-20(18)16-5-2-7-19(21)11-16/h2-3,5-7,9,11-12,14-15,24H,4,10,13H2,1H3/t15-/m0/s1. The number of nitrogens with zero attached hydrogens (tertiary/aromatic N) is 4. The minimum absolute atomic E-state index is 0.165. The zero-order valence-electron chi connectivity index (χ0n) is 14.6. The van der Waals surface area contributed by atoms with Gasteiger partial charge in [0.1, 0.15) is 0 Å². The molecule has 5 nitrogen and oxygen atoms in total. The zero-order valence-corrected chi connectivity index (χ0v) is 15.3. The largest absolute Gasteiger partial charge is 0.306 e. The Morgan fingerprint density at radius 1 is 1.31 bits per heavy atom. The number of nitriles is 1. The van der Waals surface area contributed by atoms with E-state index in [0.29, 0.717) is 24.5 Å². The average Bonchev–Trinajstić information content (AvgIpc) is 3.08. The molecule has 0 radical (unpaired) electrons. The lowest BCUT2D eigenvalue weighted by Gasteiger charge is -2.13. The lowest BCUT2D eigenvalue weighted by molar-refractivity contribution is 0.572. The van der Waals surface area contributed by atoms with Crippen molar-refractivity contribution in [2.24, 2.45) is 0 Å². The monoisotopic (exact) mass is 365 g/mol. The first-order valence-corrected chi connectivity index (χ1v) is 8.87. The van der Waals surface area contributed by atoms with Crippen LogP contribution in [-0.2, 0) is 13.1 Å². The number of pyridine rings is 1. The molecule has 0 aliphatic carbocycles. The number of halogens is 1. The van der Waals surface area contributed by atoms with E-state index in [9.17, 15) is 0 Å². The summed E-state index contributed by atoms with van der Waals surface area (Å²) in [6.45, 7) is 3.34. The number of hydrogen-bond donors (Lipinski definition) is 1. The summed E-state index contributed by atoms with van der Waals surface area (Å²) < 4.78 is 1.82. The molecule has 0 amide bonds. The van der Waals surface area contributed by atoms with E-state index in [1.807, 2.05) is 47.4 Å². The van der Waals surface area contributed by atoms with Gasteiger partial charge in [0.15, 0.2) is 0 Å². The molecule has 6 heteroatoms. The highest BCUT2D eigenvalue weighted by atomic mass is 35.5. The Balaban J connectivity index is 1.82. The number of benzene rings is 1. The summed E-state index contributed by atoms with van der Waals surface area (Å²) in [5, 5.41) is 17.7. The summed E-state index contributed by atoms with van der Waals surface area (Å²) in [5.41, 5.74) is 4.06. The van der Waals surface area contributed by atoms with Gasteiger partial charge in [-0.15, -0.1) is 0 Å². The molecule has 3 rings (SSSR count). The molecule has 0 fully saturated rings.